The van der Waals surface area contributed by atoms with Crippen LogP contribution in [0.2, 0.25) is 0 Å². The Kier molecular flexibility index (Phi) is 5.23. The molecule has 24 heavy (non-hydrogen) atoms. The Balaban J connectivity index is 1.81. The van der Waals surface area contributed by atoms with Crippen molar-refractivity contribution >= 4 is 23.6 Å². The molecule has 1 aromatic rings. The lowest BCUT2D eigenvalue weighted by atomic mass is 10.1. The molecule has 0 bridgehead atoms. The summed E-state index contributed by atoms with van der Waals surface area (Å²) in [7, 11) is 0. The molecule has 1 aliphatic carbocycles. The number of thioether (sulfide) groups is 1. The quantitative estimate of drug-likeness (QED) is 0.770. The van der Waals surface area contributed by atoms with Crippen LogP contribution < -0.4 is 0 Å². The van der Waals surface area contributed by atoms with E-state index in [1.165, 1.54) is 6.08 Å². The average Bonchev–Trinajstić information content (AvgIpc) is 3.30. The minimum Gasteiger partial charge on any atom is -0.330 e. The van der Waals surface area contributed by atoms with Crippen LogP contribution in [-0.4, -0.2) is 50.3 Å². The number of amides is 2. The topological polar surface area (TPSA) is 53.5 Å². The number of carbonyl (C=O) groups excluding carboxylic acids is 2. The first-order valence-corrected chi connectivity index (χ1v) is 9.53. The second kappa shape index (κ2) is 7.38. The van der Waals surface area contributed by atoms with Gasteiger partial charge in [-0.25, -0.2) is 0 Å². The highest BCUT2D eigenvalue weighted by atomic mass is 32.2. The van der Waals surface area contributed by atoms with Gasteiger partial charge in [0.05, 0.1) is 17.6 Å². The summed E-state index contributed by atoms with van der Waals surface area (Å²) in [6, 6.07) is 5.62. The number of aromatic nitrogens is 1. The second-order valence-electron chi connectivity index (χ2n) is 6.23. The molecule has 0 radical (unpaired) electrons. The lowest BCUT2D eigenvalue weighted by Crippen LogP contribution is -2.50. The van der Waals surface area contributed by atoms with E-state index in [1.807, 2.05) is 36.9 Å². The molecule has 2 fully saturated rings. The Morgan fingerprint density at radius 2 is 2.21 bits per heavy atom. The van der Waals surface area contributed by atoms with Crippen LogP contribution in [0.25, 0.3) is 0 Å². The van der Waals surface area contributed by atoms with E-state index in [9.17, 15) is 9.59 Å². The largest absolute Gasteiger partial charge is 0.330 e. The van der Waals surface area contributed by atoms with Gasteiger partial charge in [0.15, 0.2) is 0 Å². The highest BCUT2D eigenvalue weighted by Gasteiger charge is 2.43. The molecule has 1 aliphatic heterocycles. The van der Waals surface area contributed by atoms with Crippen molar-refractivity contribution in [2.75, 3.05) is 11.6 Å². The minimum atomic E-state index is -0.370. The summed E-state index contributed by atoms with van der Waals surface area (Å²) < 4.78 is 0. The van der Waals surface area contributed by atoms with E-state index in [1.54, 1.807) is 28.9 Å². The zero-order chi connectivity index (χ0) is 17.1. The van der Waals surface area contributed by atoms with Crippen LogP contribution in [-0.2, 0) is 9.59 Å². The zero-order valence-corrected chi connectivity index (χ0v) is 14.9. The molecule has 0 spiro atoms. The van der Waals surface area contributed by atoms with Gasteiger partial charge in [0.2, 0.25) is 11.8 Å². The maximum absolute atomic E-state index is 13.2. The Hall–Kier alpha value is -1.82. The molecule has 128 valence electrons. The van der Waals surface area contributed by atoms with Crippen molar-refractivity contribution in [3.05, 3.63) is 42.2 Å². The van der Waals surface area contributed by atoms with Crippen LogP contribution in [0.1, 0.15) is 38.4 Å². The first kappa shape index (κ1) is 17.0. The van der Waals surface area contributed by atoms with Crippen LogP contribution in [0.15, 0.2) is 36.5 Å². The van der Waals surface area contributed by atoms with Crippen LogP contribution in [0.3, 0.4) is 0 Å². The first-order chi connectivity index (χ1) is 11.6. The summed E-state index contributed by atoms with van der Waals surface area (Å²) in [5.41, 5.74) is 0.898. The monoisotopic (exact) mass is 345 g/mol. The van der Waals surface area contributed by atoms with Crippen molar-refractivity contribution in [1.29, 1.82) is 0 Å². The lowest BCUT2D eigenvalue weighted by molar-refractivity contribution is -0.143. The summed E-state index contributed by atoms with van der Waals surface area (Å²) in [5, 5.41) is 0. The third-order valence-corrected chi connectivity index (χ3v) is 5.50. The number of hydrogen-bond donors (Lipinski definition) is 0. The number of rotatable bonds is 5. The van der Waals surface area contributed by atoms with E-state index >= 15 is 0 Å². The molecule has 1 saturated carbocycles. The summed E-state index contributed by atoms with van der Waals surface area (Å²) in [4.78, 5) is 33.5. The normalized spacial score (nSPS) is 21.9. The highest BCUT2D eigenvalue weighted by Crippen LogP contribution is 2.36. The van der Waals surface area contributed by atoms with Gasteiger partial charge < -0.3 is 9.80 Å². The van der Waals surface area contributed by atoms with Crippen molar-refractivity contribution in [2.24, 2.45) is 0 Å². The van der Waals surface area contributed by atoms with Crippen LogP contribution in [0.4, 0.5) is 0 Å². The average molecular weight is 345 g/mol. The fourth-order valence-corrected chi connectivity index (χ4v) is 4.24. The number of allylic oxidation sites excluding steroid dienone is 1. The molecule has 0 aromatic carbocycles. The van der Waals surface area contributed by atoms with Gasteiger partial charge in [-0.05, 0) is 44.9 Å². The second-order valence-corrected chi connectivity index (χ2v) is 7.23. The maximum Gasteiger partial charge on any atom is 0.247 e. The predicted octanol–water partition coefficient (Wildman–Crippen LogP) is 2.61. The fraction of sp³-hybridized carbons (Fsp3) is 0.500. The van der Waals surface area contributed by atoms with Gasteiger partial charge in [-0.3, -0.25) is 14.6 Å². The number of nitrogens with zero attached hydrogens (tertiary/aromatic N) is 3. The summed E-state index contributed by atoms with van der Waals surface area (Å²) in [6.45, 7) is 3.84. The van der Waals surface area contributed by atoms with Crippen molar-refractivity contribution < 1.29 is 9.59 Å². The first-order valence-electron chi connectivity index (χ1n) is 8.37. The highest BCUT2D eigenvalue weighted by molar-refractivity contribution is 7.99. The molecule has 3 rings (SSSR count). The predicted molar refractivity (Wildman–Crippen MR) is 95.3 cm³/mol. The van der Waals surface area contributed by atoms with Crippen LogP contribution >= 0.6 is 11.8 Å². The molecule has 6 heteroatoms. The van der Waals surface area contributed by atoms with E-state index in [0.29, 0.717) is 11.6 Å². The summed E-state index contributed by atoms with van der Waals surface area (Å²) in [5.74, 6) is 1.22. The molecule has 5 nitrogen and oxygen atoms in total. The Morgan fingerprint density at radius 1 is 1.42 bits per heavy atom. The maximum atomic E-state index is 13.2. The van der Waals surface area contributed by atoms with E-state index in [0.717, 1.165) is 18.5 Å². The molecule has 0 N–H and O–H groups in total. The molecule has 2 amide bonds. The van der Waals surface area contributed by atoms with E-state index in [2.05, 4.69) is 4.98 Å². The lowest BCUT2D eigenvalue weighted by Gasteiger charge is -2.33. The van der Waals surface area contributed by atoms with E-state index in [-0.39, 0.29) is 29.9 Å². The Bertz CT molecular complexity index is 630. The van der Waals surface area contributed by atoms with Gasteiger partial charge in [-0.15, -0.1) is 11.8 Å². The standard InChI is InChI=1S/C18H23N3O2S/c1-3-6-17(22)20-12-24-11-16(20)18(23)21(14-8-9-14)13(2)15-7-4-5-10-19-15/h3-7,10,13-14,16H,8-9,11-12H2,1-2H3/b6-3-/t13-,16+/m0/s1. The van der Waals surface area contributed by atoms with Crippen LogP contribution in [0, 0.1) is 0 Å². The van der Waals surface area contributed by atoms with E-state index < -0.39 is 0 Å². The molecule has 1 saturated heterocycles. The van der Waals surface area contributed by atoms with Crippen LogP contribution in [0.5, 0.6) is 0 Å². The molecule has 2 aliphatic rings. The smallest absolute Gasteiger partial charge is 0.247 e. The molecular formula is C18H23N3O2S. The third kappa shape index (κ3) is 3.48. The fourth-order valence-electron chi connectivity index (χ4n) is 3.08. The van der Waals surface area contributed by atoms with Crippen molar-refractivity contribution in [2.45, 2.75) is 44.8 Å². The zero-order valence-electron chi connectivity index (χ0n) is 14.1. The van der Waals surface area contributed by atoms with Crippen molar-refractivity contribution in [3.63, 3.8) is 0 Å². The molecule has 0 unspecified atom stereocenters. The Labute approximate surface area is 147 Å². The number of hydrogen-bond acceptors (Lipinski definition) is 4. The van der Waals surface area contributed by atoms with E-state index in [4.69, 9.17) is 0 Å². The van der Waals surface area contributed by atoms with Crippen molar-refractivity contribution in [1.82, 2.24) is 14.8 Å². The summed E-state index contributed by atoms with van der Waals surface area (Å²) >= 11 is 1.64. The Morgan fingerprint density at radius 3 is 2.83 bits per heavy atom. The minimum absolute atomic E-state index is 0.0542. The molecule has 1 aromatic heterocycles. The number of carbonyl (C=O) groups is 2. The van der Waals surface area contributed by atoms with Gasteiger partial charge in [0.25, 0.3) is 0 Å². The van der Waals surface area contributed by atoms with Gasteiger partial charge in [-0.1, -0.05) is 12.1 Å². The van der Waals surface area contributed by atoms with Gasteiger partial charge in [0, 0.05) is 18.0 Å². The van der Waals surface area contributed by atoms with Crippen molar-refractivity contribution in [3.8, 4) is 0 Å². The molecule has 2 heterocycles. The number of pyridine rings is 1. The van der Waals surface area contributed by atoms with Gasteiger partial charge in [-0.2, -0.15) is 0 Å². The third-order valence-electron chi connectivity index (χ3n) is 4.49. The summed E-state index contributed by atoms with van der Waals surface area (Å²) in [6.07, 6.45) is 7.09. The molecule has 2 atom stereocenters. The van der Waals surface area contributed by atoms with Gasteiger partial charge >= 0.3 is 0 Å². The molecular weight excluding hydrogens is 322 g/mol. The SMILES string of the molecule is C/C=C\C(=O)N1CSC[C@@H]1C(=O)N(C1CC1)[C@@H](C)c1ccccn1. The van der Waals surface area contributed by atoms with Gasteiger partial charge in [0.1, 0.15) is 6.04 Å².